The van der Waals surface area contributed by atoms with Crippen LogP contribution in [0.1, 0.15) is 25.5 Å². The highest BCUT2D eigenvalue weighted by Gasteiger charge is 1.89. The van der Waals surface area contributed by atoms with E-state index in [0.29, 0.717) is 0 Å². The maximum Gasteiger partial charge on any atom is 0.116 e. The summed E-state index contributed by atoms with van der Waals surface area (Å²) in [5.74, 6) is 0. The summed E-state index contributed by atoms with van der Waals surface area (Å²) in [5.41, 5.74) is 1.09. The minimum Gasteiger partial charge on any atom is -0.241 e. The zero-order valence-corrected chi connectivity index (χ0v) is 6.17. The van der Waals surface area contributed by atoms with Crippen LogP contribution in [0.5, 0.6) is 0 Å². The van der Waals surface area contributed by atoms with Crippen molar-refractivity contribution in [2.24, 2.45) is 0 Å². The van der Waals surface area contributed by atoms with Gasteiger partial charge in [-0.05, 0) is 18.9 Å². The molecule has 0 saturated heterocycles. The Kier molecular flexibility index (Phi) is 2.87. The van der Waals surface area contributed by atoms with Gasteiger partial charge in [-0.1, -0.05) is 13.3 Å². The molecule has 0 saturated carbocycles. The lowest BCUT2D eigenvalue weighted by atomic mass is 10.2. The molecule has 53 valence electrons. The van der Waals surface area contributed by atoms with E-state index in [4.69, 9.17) is 0 Å². The van der Waals surface area contributed by atoms with Crippen LogP contribution in [-0.2, 0) is 6.42 Å². The Morgan fingerprint density at radius 1 is 1.60 bits per heavy atom. The van der Waals surface area contributed by atoms with Gasteiger partial charge in [0, 0.05) is 5.69 Å². The van der Waals surface area contributed by atoms with Crippen LogP contribution in [0.2, 0.25) is 0 Å². The summed E-state index contributed by atoms with van der Waals surface area (Å²) in [7, 11) is 0. The molecule has 0 fully saturated rings. The molecule has 0 atom stereocenters. The van der Waals surface area contributed by atoms with Gasteiger partial charge in [-0.15, -0.1) is 0 Å². The lowest BCUT2D eigenvalue weighted by Crippen LogP contribution is -1.89. The molecule has 0 aliphatic rings. The molecule has 2 heteroatoms. The molecule has 0 aromatic carbocycles. The number of aromatic nitrogens is 2. The van der Waals surface area contributed by atoms with E-state index < -0.39 is 0 Å². The number of nitrogens with zero attached hydrogens (tertiary/aromatic N) is 2. The van der Waals surface area contributed by atoms with E-state index in [1.165, 1.54) is 12.8 Å². The van der Waals surface area contributed by atoms with Crippen molar-refractivity contribution >= 4 is 0 Å². The highest BCUT2D eigenvalue weighted by atomic mass is 14.8. The standard InChI is InChI=1S/C8H11N2/c1-2-3-4-8-5-6-9-7-10-8/h5,7H,2-4H2,1H3. The van der Waals surface area contributed by atoms with E-state index in [-0.39, 0.29) is 0 Å². The average Bonchev–Trinajstić information content (AvgIpc) is 2.03. The smallest absolute Gasteiger partial charge is 0.116 e. The minimum atomic E-state index is 1.05. The monoisotopic (exact) mass is 135 g/mol. The second kappa shape index (κ2) is 3.99. The third-order valence-electron chi connectivity index (χ3n) is 1.37. The number of unbranched alkanes of at least 4 members (excludes halogenated alkanes) is 1. The first-order chi connectivity index (χ1) is 4.93. The van der Waals surface area contributed by atoms with Crippen molar-refractivity contribution in [2.75, 3.05) is 0 Å². The molecule has 0 unspecified atom stereocenters. The fraction of sp³-hybridized carbons (Fsp3) is 0.500. The van der Waals surface area contributed by atoms with E-state index in [1.807, 2.05) is 6.07 Å². The van der Waals surface area contributed by atoms with E-state index in [2.05, 4.69) is 23.1 Å². The maximum absolute atomic E-state index is 4.07. The molecular weight excluding hydrogens is 124 g/mol. The Morgan fingerprint density at radius 3 is 3.10 bits per heavy atom. The molecule has 0 bridgehead atoms. The Hall–Kier alpha value is -0.920. The summed E-state index contributed by atoms with van der Waals surface area (Å²) in [5, 5.41) is 0. The van der Waals surface area contributed by atoms with Crippen LogP contribution < -0.4 is 0 Å². The summed E-state index contributed by atoms with van der Waals surface area (Å²) in [6.45, 7) is 2.17. The Balaban J connectivity index is 2.43. The van der Waals surface area contributed by atoms with Gasteiger partial charge in [-0.3, -0.25) is 0 Å². The molecule has 0 aliphatic heterocycles. The van der Waals surface area contributed by atoms with Gasteiger partial charge < -0.3 is 0 Å². The Bertz CT molecular complexity index is 172. The predicted molar refractivity (Wildman–Crippen MR) is 39.5 cm³/mol. The molecule has 1 aromatic heterocycles. The van der Waals surface area contributed by atoms with Crippen molar-refractivity contribution in [3.63, 3.8) is 0 Å². The molecule has 0 amide bonds. The Labute approximate surface area is 61.3 Å². The van der Waals surface area contributed by atoms with E-state index >= 15 is 0 Å². The number of rotatable bonds is 3. The van der Waals surface area contributed by atoms with Gasteiger partial charge in [-0.2, -0.15) is 0 Å². The summed E-state index contributed by atoms with van der Waals surface area (Å²) in [6, 6.07) is 1.84. The first-order valence-electron chi connectivity index (χ1n) is 3.60. The van der Waals surface area contributed by atoms with Gasteiger partial charge in [-0.25, -0.2) is 9.97 Å². The van der Waals surface area contributed by atoms with Gasteiger partial charge in [0.25, 0.3) is 0 Å². The Morgan fingerprint density at radius 2 is 2.50 bits per heavy atom. The van der Waals surface area contributed by atoms with Crippen LogP contribution in [0.15, 0.2) is 12.4 Å². The van der Waals surface area contributed by atoms with Crippen molar-refractivity contribution in [3.8, 4) is 0 Å². The molecule has 0 aliphatic carbocycles. The zero-order chi connectivity index (χ0) is 7.23. The molecule has 2 nitrogen and oxygen atoms in total. The number of hydrogen-bond donors (Lipinski definition) is 0. The van der Waals surface area contributed by atoms with Crippen LogP contribution in [0.3, 0.4) is 0 Å². The lowest BCUT2D eigenvalue weighted by molar-refractivity contribution is 0.773. The topological polar surface area (TPSA) is 25.8 Å². The average molecular weight is 135 g/mol. The lowest BCUT2D eigenvalue weighted by Gasteiger charge is -1.94. The van der Waals surface area contributed by atoms with E-state index in [0.717, 1.165) is 12.1 Å². The van der Waals surface area contributed by atoms with Gasteiger partial charge in [0.2, 0.25) is 0 Å². The zero-order valence-electron chi connectivity index (χ0n) is 6.17. The fourth-order valence-corrected chi connectivity index (χ4v) is 0.780. The second-order valence-corrected chi connectivity index (χ2v) is 2.24. The largest absolute Gasteiger partial charge is 0.241 e. The molecule has 1 rings (SSSR count). The minimum absolute atomic E-state index is 1.05. The van der Waals surface area contributed by atoms with Crippen molar-refractivity contribution in [1.82, 2.24) is 9.97 Å². The predicted octanol–water partition coefficient (Wildman–Crippen LogP) is 1.62. The summed E-state index contributed by atoms with van der Waals surface area (Å²) in [6.07, 6.45) is 7.77. The van der Waals surface area contributed by atoms with Crippen LogP contribution in [0.4, 0.5) is 0 Å². The molecular formula is C8H11N2. The maximum atomic E-state index is 4.07. The SMILES string of the molecule is CCCCc1c[c]ncn1. The number of hydrogen-bond acceptors (Lipinski definition) is 2. The first kappa shape index (κ1) is 7.19. The van der Waals surface area contributed by atoms with Crippen LogP contribution >= 0.6 is 0 Å². The third-order valence-corrected chi connectivity index (χ3v) is 1.37. The van der Waals surface area contributed by atoms with Crippen molar-refractivity contribution < 1.29 is 0 Å². The normalized spacial score (nSPS) is 9.70. The van der Waals surface area contributed by atoms with Gasteiger partial charge >= 0.3 is 0 Å². The molecule has 0 spiro atoms. The van der Waals surface area contributed by atoms with Crippen LogP contribution in [0.25, 0.3) is 0 Å². The molecule has 10 heavy (non-hydrogen) atoms. The summed E-state index contributed by atoms with van der Waals surface area (Å²) < 4.78 is 0. The molecule has 1 aromatic rings. The molecule has 1 heterocycles. The fourth-order valence-electron chi connectivity index (χ4n) is 0.780. The summed E-state index contributed by atoms with van der Waals surface area (Å²) in [4.78, 5) is 7.79. The summed E-state index contributed by atoms with van der Waals surface area (Å²) >= 11 is 0. The van der Waals surface area contributed by atoms with Crippen LogP contribution in [-0.4, -0.2) is 9.97 Å². The first-order valence-corrected chi connectivity index (χ1v) is 3.60. The highest BCUT2D eigenvalue weighted by Crippen LogP contribution is 1.97. The second-order valence-electron chi connectivity index (χ2n) is 2.24. The quantitative estimate of drug-likeness (QED) is 0.629. The molecule has 1 radical (unpaired) electrons. The van der Waals surface area contributed by atoms with Crippen LogP contribution in [0, 0.1) is 6.20 Å². The van der Waals surface area contributed by atoms with Gasteiger partial charge in [0.15, 0.2) is 0 Å². The highest BCUT2D eigenvalue weighted by molar-refractivity contribution is 4.96. The third kappa shape index (κ3) is 2.13. The van der Waals surface area contributed by atoms with E-state index in [9.17, 15) is 0 Å². The number of aryl methyl sites for hydroxylation is 1. The van der Waals surface area contributed by atoms with Gasteiger partial charge in [0.05, 0.1) is 6.20 Å². The van der Waals surface area contributed by atoms with Crippen molar-refractivity contribution in [1.29, 1.82) is 0 Å². The van der Waals surface area contributed by atoms with E-state index in [1.54, 1.807) is 6.33 Å². The van der Waals surface area contributed by atoms with Crippen molar-refractivity contribution in [3.05, 3.63) is 24.3 Å². The van der Waals surface area contributed by atoms with Gasteiger partial charge in [0.1, 0.15) is 6.33 Å². The van der Waals surface area contributed by atoms with Crippen molar-refractivity contribution in [2.45, 2.75) is 26.2 Å². The molecule has 0 N–H and O–H groups in total.